The number of nitrogens with zero attached hydrogens (tertiary/aromatic N) is 3. The third-order valence-electron chi connectivity index (χ3n) is 5.13. The van der Waals surface area contributed by atoms with E-state index in [1.807, 2.05) is 37.4 Å². The first-order valence-electron chi connectivity index (χ1n) is 9.94. The van der Waals surface area contributed by atoms with Crippen LogP contribution in [0.1, 0.15) is 25.3 Å². The van der Waals surface area contributed by atoms with E-state index in [0.717, 1.165) is 30.5 Å². The minimum Gasteiger partial charge on any atom is -0.493 e. The summed E-state index contributed by atoms with van der Waals surface area (Å²) >= 11 is 0. The van der Waals surface area contributed by atoms with Gasteiger partial charge in [0.25, 0.3) is 0 Å². The van der Waals surface area contributed by atoms with Gasteiger partial charge in [-0.2, -0.15) is 0 Å². The van der Waals surface area contributed by atoms with Crippen LogP contribution in [0.25, 0.3) is 0 Å². The number of aliphatic imine (C=N–C) groups is 1. The fourth-order valence-electron chi connectivity index (χ4n) is 3.33. The average molecular weight is 526 g/mol. The predicted octanol–water partition coefficient (Wildman–Crippen LogP) is 4.32. The summed E-state index contributed by atoms with van der Waals surface area (Å²) in [4.78, 5) is 11.2. The van der Waals surface area contributed by atoms with Crippen LogP contribution >= 0.6 is 24.0 Å². The van der Waals surface area contributed by atoms with E-state index < -0.39 is 0 Å². The molecular weight excluding hydrogens is 495 g/mol. The molecule has 164 valence electrons. The van der Waals surface area contributed by atoms with Crippen molar-refractivity contribution in [3.05, 3.63) is 42.1 Å². The van der Waals surface area contributed by atoms with Crippen molar-refractivity contribution in [3.63, 3.8) is 0 Å². The van der Waals surface area contributed by atoms with E-state index in [2.05, 4.69) is 27.1 Å². The molecule has 0 saturated carbocycles. The molecule has 1 aliphatic heterocycles. The van der Waals surface area contributed by atoms with Gasteiger partial charge >= 0.3 is 0 Å². The number of aromatic nitrogens is 1. The molecule has 1 fully saturated rings. The third-order valence-corrected chi connectivity index (χ3v) is 5.13. The van der Waals surface area contributed by atoms with E-state index in [1.165, 1.54) is 12.8 Å². The van der Waals surface area contributed by atoms with Crippen molar-refractivity contribution in [2.45, 2.75) is 26.3 Å². The molecule has 0 radical (unpaired) electrons. The zero-order chi connectivity index (χ0) is 20.6. The minimum atomic E-state index is 0. The van der Waals surface area contributed by atoms with Gasteiger partial charge in [0.1, 0.15) is 0 Å². The first kappa shape index (κ1) is 24.0. The molecule has 2 heterocycles. The van der Waals surface area contributed by atoms with Crippen LogP contribution in [-0.4, -0.2) is 50.2 Å². The number of methoxy groups -OCH3 is 2. The van der Waals surface area contributed by atoms with E-state index in [1.54, 1.807) is 20.4 Å². The number of ether oxygens (including phenoxy) is 3. The first-order chi connectivity index (χ1) is 14.1. The number of rotatable bonds is 6. The Morgan fingerprint density at radius 2 is 1.80 bits per heavy atom. The van der Waals surface area contributed by atoms with Gasteiger partial charge in [-0.25, -0.2) is 4.98 Å². The molecule has 2 aromatic rings. The minimum absolute atomic E-state index is 0. The van der Waals surface area contributed by atoms with Crippen LogP contribution < -0.4 is 19.5 Å². The highest BCUT2D eigenvalue weighted by molar-refractivity contribution is 14.0. The lowest BCUT2D eigenvalue weighted by Crippen LogP contribution is -2.45. The standard InChI is InChI=1S/C22H30N4O3.HI/c1-16-10-12-26(13-11-16)22(23-2)25-15-17-8-9-20(24-14-17)29-21-18(27-3)6-5-7-19(21)28-4;/h5-9,14,16H,10-13,15H2,1-4H3,(H,23,25);1H. The quantitative estimate of drug-likeness (QED) is 0.344. The molecule has 30 heavy (non-hydrogen) atoms. The van der Waals surface area contributed by atoms with Gasteiger partial charge in [0.15, 0.2) is 17.5 Å². The molecule has 7 nitrogen and oxygen atoms in total. The summed E-state index contributed by atoms with van der Waals surface area (Å²) in [5.74, 6) is 3.91. The van der Waals surface area contributed by atoms with E-state index in [9.17, 15) is 0 Å². The third kappa shape index (κ3) is 6.13. The van der Waals surface area contributed by atoms with Crippen LogP contribution in [0.3, 0.4) is 0 Å². The monoisotopic (exact) mass is 526 g/mol. The van der Waals surface area contributed by atoms with Crippen molar-refractivity contribution in [3.8, 4) is 23.1 Å². The second-order valence-corrected chi connectivity index (χ2v) is 7.17. The number of benzene rings is 1. The molecular formula is C22H31IN4O3. The molecule has 1 aromatic carbocycles. The molecule has 0 unspecified atom stereocenters. The fraction of sp³-hybridized carbons (Fsp3) is 0.455. The molecule has 0 bridgehead atoms. The normalized spacial score (nSPS) is 14.7. The molecule has 1 aromatic heterocycles. The van der Waals surface area contributed by atoms with E-state index in [-0.39, 0.29) is 24.0 Å². The highest BCUT2D eigenvalue weighted by Gasteiger charge is 2.18. The summed E-state index contributed by atoms with van der Waals surface area (Å²) in [6.45, 7) is 5.06. The molecule has 1 aliphatic rings. The number of hydrogen-bond acceptors (Lipinski definition) is 5. The van der Waals surface area contributed by atoms with Crippen LogP contribution in [0, 0.1) is 5.92 Å². The van der Waals surface area contributed by atoms with Gasteiger partial charge < -0.3 is 24.4 Å². The van der Waals surface area contributed by atoms with Crippen molar-refractivity contribution in [1.29, 1.82) is 0 Å². The van der Waals surface area contributed by atoms with Crippen LogP contribution in [0.4, 0.5) is 0 Å². The Hall–Kier alpha value is -2.23. The Morgan fingerprint density at radius 3 is 2.33 bits per heavy atom. The summed E-state index contributed by atoms with van der Waals surface area (Å²) in [5, 5.41) is 3.43. The largest absolute Gasteiger partial charge is 0.493 e. The number of nitrogens with one attached hydrogen (secondary N) is 1. The molecule has 0 amide bonds. The summed E-state index contributed by atoms with van der Waals surface area (Å²) in [7, 11) is 5.02. The van der Waals surface area contributed by atoms with Crippen LogP contribution in [0.15, 0.2) is 41.5 Å². The van der Waals surface area contributed by atoms with Gasteiger partial charge in [0.2, 0.25) is 11.6 Å². The number of guanidine groups is 1. The van der Waals surface area contributed by atoms with E-state index in [4.69, 9.17) is 14.2 Å². The average Bonchev–Trinajstić information content (AvgIpc) is 2.76. The Balaban J connectivity index is 0.00000320. The summed E-state index contributed by atoms with van der Waals surface area (Å²) < 4.78 is 16.6. The van der Waals surface area contributed by atoms with E-state index >= 15 is 0 Å². The molecule has 3 rings (SSSR count). The lowest BCUT2D eigenvalue weighted by Gasteiger charge is -2.32. The molecule has 0 aliphatic carbocycles. The SMILES string of the molecule is CN=C(NCc1ccc(Oc2c(OC)cccc2OC)nc1)N1CCC(C)CC1.I. The number of hydrogen-bond donors (Lipinski definition) is 1. The summed E-state index contributed by atoms with van der Waals surface area (Å²) in [5.41, 5.74) is 1.05. The Bertz CT molecular complexity index is 799. The van der Waals surface area contributed by atoms with Gasteiger partial charge in [-0.1, -0.05) is 19.1 Å². The second-order valence-electron chi connectivity index (χ2n) is 7.17. The van der Waals surface area contributed by atoms with Gasteiger partial charge in [0.05, 0.1) is 14.2 Å². The maximum atomic E-state index is 5.92. The van der Waals surface area contributed by atoms with Crippen LogP contribution in [0.5, 0.6) is 23.1 Å². The number of piperidine rings is 1. The zero-order valence-corrected chi connectivity index (χ0v) is 20.4. The number of halogens is 1. The van der Waals surface area contributed by atoms with Crippen molar-refractivity contribution in [2.24, 2.45) is 10.9 Å². The maximum Gasteiger partial charge on any atom is 0.219 e. The van der Waals surface area contributed by atoms with Crippen molar-refractivity contribution in [2.75, 3.05) is 34.4 Å². The number of pyridine rings is 1. The molecule has 0 spiro atoms. The summed E-state index contributed by atoms with van der Waals surface area (Å²) in [6.07, 6.45) is 4.22. The topological polar surface area (TPSA) is 68.2 Å². The van der Waals surface area contributed by atoms with Crippen molar-refractivity contribution in [1.82, 2.24) is 15.2 Å². The first-order valence-corrected chi connectivity index (χ1v) is 9.94. The van der Waals surface area contributed by atoms with Crippen molar-refractivity contribution >= 4 is 29.9 Å². The highest BCUT2D eigenvalue weighted by Crippen LogP contribution is 2.39. The molecule has 8 heteroatoms. The number of likely N-dealkylation sites (tertiary alicyclic amines) is 1. The zero-order valence-electron chi connectivity index (χ0n) is 18.1. The Kier molecular flexibility index (Phi) is 9.48. The smallest absolute Gasteiger partial charge is 0.219 e. The predicted molar refractivity (Wildman–Crippen MR) is 129 cm³/mol. The molecule has 1 saturated heterocycles. The lowest BCUT2D eigenvalue weighted by atomic mass is 10.00. The maximum absolute atomic E-state index is 5.92. The van der Waals surface area contributed by atoms with Gasteiger partial charge in [-0.15, -0.1) is 24.0 Å². The van der Waals surface area contributed by atoms with Gasteiger partial charge in [0, 0.05) is 38.9 Å². The Labute approximate surface area is 195 Å². The number of para-hydroxylation sites is 1. The van der Waals surface area contributed by atoms with Gasteiger partial charge in [-0.3, -0.25) is 4.99 Å². The Morgan fingerprint density at radius 1 is 1.13 bits per heavy atom. The second kappa shape index (κ2) is 11.8. The van der Waals surface area contributed by atoms with E-state index in [0.29, 0.717) is 29.7 Å². The van der Waals surface area contributed by atoms with Crippen LogP contribution in [0.2, 0.25) is 0 Å². The molecule has 1 N–H and O–H groups in total. The van der Waals surface area contributed by atoms with Gasteiger partial charge in [-0.05, 0) is 36.5 Å². The van der Waals surface area contributed by atoms with Crippen LogP contribution in [-0.2, 0) is 6.54 Å². The molecule has 0 atom stereocenters. The lowest BCUT2D eigenvalue weighted by molar-refractivity contribution is 0.273. The summed E-state index contributed by atoms with van der Waals surface area (Å²) in [6, 6.07) is 9.33. The highest BCUT2D eigenvalue weighted by atomic mass is 127. The van der Waals surface area contributed by atoms with Crippen molar-refractivity contribution < 1.29 is 14.2 Å². The fourth-order valence-corrected chi connectivity index (χ4v) is 3.33.